The van der Waals surface area contributed by atoms with E-state index in [1.165, 1.54) is 13.2 Å². The number of aliphatic imine (C=N–C) groups is 1. The molecule has 1 aliphatic rings. The highest BCUT2D eigenvalue weighted by atomic mass is 16.5. The number of nitrogens with zero attached hydrogens (tertiary/aromatic N) is 1. The number of aliphatic hydroxyl groups is 1. The van der Waals surface area contributed by atoms with Gasteiger partial charge in [-0.1, -0.05) is 6.08 Å². The van der Waals surface area contributed by atoms with Gasteiger partial charge in [0.05, 0.1) is 18.5 Å². The predicted molar refractivity (Wildman–Crippen MR) is 78.5 cm³/mol. The molecule has 4 N–H and O–H groups in total. The molecule has 1 aliphatic carbocycles. The van der Waals surface area contributed by atoms with Gasteiger partial charge < -0.3 is 25.4 Å². The van der Waals surface area contributed by atoms with E-state index in [-0.39, 0.29) is 12.5 Å². The maximum atomic E-state index is 11.1. The SMILES string of the molecule is C=CC(NC1=C(OC)C(=NCC(=O)O)CC(CO)C1)C(=O)O. The molecular weight excluding hydrogens is 292 g/mol. The molecule has 22 heavy (non-hydrogen) atoms. The zero-order valence-corrected chi connectivity index (χ0v) is 12.3. The number of methoxy groups -OCH3 is 1. The summed E-state index contributed by atoms with van der Waals surface area (Å²) in [7, 11) is 1.40. The Balaban J connectivity index is 3.14. The van der Waals surface area contributed by atoms with E-state index < -0.39 is 24.5 Å². The van der Waals surface area contributed by atoms with Gasteiger partial charge in [0.2, 0.25) is 0 Å². The van der Waals surface area contributed by atoms with Gasteiger partial charge in [-0.15, -0.1) is 6.58 Å². The first-order valence-electron chi connectivity index (χ1n) is 6.68. The fourth-order valence-electron chi connectivity index (χ4n) is 2.20. The van der Waals surface area contributed by atoms with Crippen molar-refractivity contribution in [3.05, 3.63) is 24.1 Å². The second-order valence-electron chi connectivity index (χ2n) is 4.82. The minimum atomic E-state index is -1.10. The Kier molecular flexibility index (Phi) is 6.58. The lowest BCUT2D eigenvalue weighted by Gasteiger charge is -2.28. The Morgan fingerprint density at radius 2 is 2.18 bits per heavy atom. The first kappa shape index (κ1) is 17.7. The second-order valence-corrected chi connectivity index (χ2v) is 4.82. The van der Waals surface area contributed by atoms with E-state index in [1.807, 2.05) is 0 Å². The molecule has 0 amide bonds. The number of ether oxygens (including phenoxy) is 1. The molecule has 1 rings (SSSR count). The molecule has 0 aliphatic heterocycles. The van der Waals surface area contributed by atoms with Gasteiger partial charge in [0.25, 0.3) is 0 Å². The maximum absolute atomic E-state index is 11.1. The minimum Gasteiger partial charge on any atom is -0.493 e. The van der Waals surface area contributed by atoms with Crippen molar-refractivity contribution in [3.8, 4) is 0 Å². The summed E-state index contributed by atoms with van der Waals surface area (Å²) in [4.78, 5) is 25.7. The van der Waals surface area contributed by atoms with Crippen LogP contribution in [0.15, 0.2) is 29.1 Å². The normalized spacial score (nSPS) is 21.4. The van der Waals surface area contributed by atoms with Gasteiger partial charge in [-0.2, -0.15) is 0 Å². The third kappa shape index (κ3) is 4.59. The molecule has 2 atom stereocenters. The van der Waals surface area contributed by atoms with Crippen LogP contribution in [0.2, 0.25) is 0 Å². The van der Waals surface area contributed by atoms with E-state index in [9.17, 15) is 14.7 Å². The van der Waals surface area contributed by atoms with Gasteiger partial charge in [-0.25, -0.2) is 4.79 Å². The van der Waals surface area contributed by atoms with E-state index in [4.69, 9.17) is 14.9 Å². The van der Waals surface area contributed by atoms with Gasteiger partial charge in [-0.05, 0) is 18.8 Å². The number of rotatable bonds is 8. The molecular formula is C14H20N2O6. The average Bonchev–Trinajstić information content (AvgIpc) is 2.49. The Morgan fingerprint density at radius 1 is 1.50 bits per heavy atom. The van der Waals surface area contributed by atoms with Crippen molar-refractivity contribution >= 4 is 17.7 Å². The summed E-state index contributed by atoms with van der Waals surface area (Å²) in [6, 6.07) is -1.02. The molecule has 8 heteroatoms. The first-order chi connectivity index (χ1) is 10.4. The molecule has 8 nitrogen and oxygen atoms in total. The van der Waals surface area contributed by atoms with E-state index in [1.54, 1.807) is 0 Å². The second kappa shape index (κ2) is 8.18. The number of nitrogens with one attached hydrogen (secondary N) is 1. The van der Waals surface area contributed by atoms with E-state index in [0.717, 1.165) is 0 Å². The van der Waals surface area contributed by atoms with Gasteiger partial charge in [0.15, 0.2) is 5.76 Å². The van der Waals surface area contributed by atoms with Crippen LogP contribution < -0.4 is 5.32 Å². The van der Waals surface area contributed by atoms with E-state index in [2.05, 4.69) is 16.9 Å². The van der Waals surface area contributed by atoms with Crippen molar-refractivity contribution in [3.63, 3.8) is 0 Å². The molecule has 0 fully saturated rings. The van der Waals surface area contributed by atoms with E-state index >= 15 is 0 Å². The summed E-state index contributed by atoms with van der Waals surface area (Å²) in [6.45, 7) is 2.91. The largest absolute Gasteiger partial charge is 0.493 e. The van der Waals surface area contributed by atoms with Crippen LogP contribution >= 0.6 is 0 Å². The Morgan fingerprint density at radius 3 is 2.64 bits per heavy atom. The molecule has 0 aromatic rings. The van der Waals surface area contributed by atoms with Gasteiger partial charge >= 0.3 is 11.9 Å². The van der Waals surface area contributed by atoms with Crippen LogP contribution in [-0.4, -0.2) is 59.3 Å². The highest BCUT2D eigenvalue weighted by molar-refractivity contribution is 6.00. The van der Waals surface area contributed by atoms with Crippen LogP contribution in [0.5, 0.6) is 0 Å². The molecule has 0 aromatic carbocycles. The molecule has 122 valence electrons. The van der Waals surface area contributed by atoms with Crippen molar-refractivity contribution in [1.82, 2.24) is 5.32 Å². The Labute approximate surface area is 127 Å². The summed E-state index contributed by atoms with van der Waals surface area (Å²) in [5, 5.41) is 30.0. The summed E-state index contributed by atoms with van der Waals surface area (Å²) in [5.74, 6) is -2.06. The zero-order chi connectivity index (χ0) is 16.7. The molecule has 0 saturated heterocycles. The summed E-state index contributed by atoms with van der Waals surface area (Å²) in [5.41, 5.74) is 0.857. The van der Waals surface area contributed by atoms with Crippen molar-refractivity contribution in [1.29, 1.82) is 0 Å². The number of aliphatic hydroxyl groups excluding tert-OH is 1. The molecule has 2 unspecified atom stereocenters. The maximum Gasteiger partial charge on any atom is 0.330 e. The lowest BCUT2D eigenvalue weighted by Crippen LogP contribution is -2.38. The standard InChI is InChI=1S/C14H20N2O6/c1-3-9(14(20)21)16-11-5-8(7-17)4-10(13(11)22-2)15-6-12(18)19/h3,8-9,16-17H,1,4-7H2,2H3,(H,18,19)(H,20,21). The molecule has 0 saturated carbocycles. The third-order valence-corrected chi connectivity index (χ3v) is 3.21. The first-order valence-corrected chi connectivity index (χ1v) is 6.68. The molecule has 0 bridgehead atoms. The lowest BCUT2D eigenvalue weighted by atomic mass is 9.89. The van der Waals surface area contributed by atoms with Crippen LogP contribution in [0.3, 0.4) is 0 Å². The summed E-state index contributed by atoms with van der Waals surface area (Å²) >= 11 is 0. The van der Waals surface area contributed by atoms with Gasteiger partial charge in [0, 0.05) is 6.61 Å². The number of carboxylic acid groups (broad SMARTS) is 2. The number of hydrogen-bond acceptors (Lipinski definition) is 6. The van der Waals surface area contributed by atoms with Crippen LogP contribution in [0, 0.1) is 5.92 Å². The number of hydrogen-bond donors (Lipinski definition) is 4. The Hall–Kier alpha value is -2.35. The van der Waals surface area contributed by atoms with Crippen LogP contribution in [0.1, 0.15) is 12.8 Å². The highest BCUT2D eigenvalue weighted by Crippen LogP contribution is 2.27. The minimum absolute atomic E-state index is 0.125. The fourth-order valence-corrected chi connectivity index (χ4v) is 2.20. The predicted octanol–water partition coefficient (Wildman–Crippen LogP) is 0.00110. The number of carbonyl (C=O) groups is 2. The zero-order valence-electron chi connectivity index (χ0n) is 12.3. The smallest absolute Gasteiger partial charge is 0.330 e. The third-order valence-electron chi connectivity index (χ3n) is 3.21. The number of allylic oxidation sites excluding steroid dienone is 2. The van der Waals surface area contributed by atoms with Crippen molar-refractivity contribution in [2.24, 2.45) is 10.9 Å². The highest BCUT2D eigenvalue weighted by Gasteiger charge is 2.29. The van der Waals surface area contributed by atoms with Crippen molar-refractivity contribution in [2.45, 2.75) is 18.9 Å². The molecule has 0 spiro atoms. The van der Waals surface area contributed by atoms with Crippen LogP contribution in [0.25, 0.3) is 0 Å². The topological polar surface area (TPSA) is 128 Å². The average molecular weight is 312 g/mol. The molecule has 0 radical (unpaired) electrons. The van der Waals surface area contributed by atoms with Gasteiger partial charge in [0.1, 0.15) is 12.6 Å². The Bertz CT molecular complexity index is 511. The lowest BCUT2D eigenvalue weighted by molar-refractivity contribution is -0.138. The van der Waals surface area contributed by atoms with Crippen LogP contribution in [-0.2, 0) is 14.3 Å². The molecule has 0 aromatic heterocycles. The van der Waals surface area contributed by atoms with E-state index in [0.29, 0.717) is 30.0 Å². The number of aliphatic carboxylic acids is 2. The number of carboxylic acids is 2. The van der Waals surface area contributed by atoms with Crippen molar-refractivity contribution < 1.29 is 29.6 Å². The fraction of sp³-hybridized carbons (Fsp3) is 0.500. The quantitative estimate of drug-likeness (QED) is 0.464. The molecule has 0 heterocycles. The summed E-state index contributed by atoms with van der Waals surface area (Å²) < 4.78 is 5.25. The van der Waals surface area contributed by atoms with Crippen molar-refractivity contribution in [2.75, 3.05) is 20.3 Å². The summed E-state index contributed by atoms with van der Waals surface area (Å²) in [6.07, 6.45) is 1.98. The van der Waals surface area contributed by atoms with Gasteiger partial charge in [-0.3, -0.25) is 9.79 Å². The van der Waals surface area contributed by atoms with Crippen LogP contribution in [0.4, 0.5) is 0 Å². The monoisotopic (exact) mass is 312 g/mol.